The Morgan fingerprint density at radius 2 is 2.27 bits per heavy atom. The maximum atomic E-state index is 13.5. The highest BCUT2D eigenvalue weighted by atomic mass is 35.5. The van der Waals surface area contributed by atoms with Gasteiger partial charge in [-0.1, -0.05) is 17.7 Å². The van der Waals surface area contributed by atoms with Gasteiger partial charge in [0.05, 0.1) is 0 Å². The molecule has 1 aromatic rings. The molecule has 1 unspecified atom stereocenters. The Morgan fingerprint density at radius 3 is 2.80 bits per heavy atom. The smallest absolute Gasteiger partial charge is 0.127 e. The van der Waals surface area contributed by atoms with Crippen molar-refractivity contribution in [3.05, 3.63) is 34.6 Å². The van der Waals surface area contributed by atoms with Crippen LogP contribution in [0.25, 0.3) is 0 Å². The van der Waals surface area contributed by atoms with Gasteiger partial charge >= 0.3 is 0 Å². The van der Waals surface area contributed by atoms with Gasteiger partial charge in [-0.15, -0.1) is 0 Å². The fourth-order valence-corrected chi connectivity index (χ4v) is 1.94. The Morgan fingerprint density at radius 1 is 1.53 bits per heavy atom. The van der Waals surface area contributed by atoms with E-state index in [2.05, 4.69) is 5.43 Å². The summed E-state index contributed by atoms with van der Waals surface area (Å²) in [5, 5.41) is 0.430. The first kappa shape index (κ1) is 10.9. The summed E-state index contributed by atoms with van der Waals surface area (Å²) in [5.41, 5.74) is 3.43. The zero-order valence-corrected chi connectivity index (χ0v) is 9.10. The lowest BCUT2D eigenvalue weighted by Crippen LogP contribution is -2.38. The highest BCUT2D eigenvalue weighted by Crippen LogP contribution is 2.34. The third kappa shape index (κ3) is 2.68. The van der Waals surface area contributed by atoms with Crippen molar-refractivity contribution >= 4 is 11.6 Å². The van der Waals surface area contributed by atoms with Gasteiger partial charge in [0.15, 0.2) is 0 Å². The summed E-state index contributed by atoms with van der Waals surface area (Å²) in [7, 11) is 0. The molecule has 4 heteroatoms. The van der Waals surface area contributed by atoms with Crippen molar-refractivity contribution in [3.63, 3.8) is 0 Å². The number of hydrogen-bond donors (Lipinski definition) is 2. The molecule has 0 aliphatic heterocycles. The monoisotopic (exact) mass is 228 g/mol. The molecule has 0 spiro atoms. The topological polar surface area (TPSA) is 38.0 Å². The fraction of sp³-hybridized carbons (Fsp3) is 0.455. The van der Waals surface area contributed by atoms with Crippen molar-refractivity contribution in [2.24, 2.45) is 11.8 Å². The number of benzene rings is 1. The van der Waals surface area contributed by atoms with Gasteiger partial charge < -0.3 is 0 Å². The molecule has 1 aliphatic carbocycles. The molecule has 1 aromatic carbocycles. The van der Waals surface area contributed by atoms with E-state index in [0.29, 0.717) is 22.9 Å². The number of hydrogen-bond acceptors (Lipinski definition) is 2. The molecule has 1 atom stereocenters. The first-order chi connectivity index (χ1) is 7.20. The van der Waals surface area contributed by atoms with Crippen LogP contribution >= 0.6 is 11.6 Å². The molecular formula is C11H14ClFN2. The number of rotatable bonds is 4. The Labute approximate surface area is 93.6 Å². The molecule has 0 radical (unpaired) electrons. The van der Waals surface area contributed by atoms with E-state index in [4.69, 9.17) is 17.4 Å². The van der Waals surface area contributed by atoms with Crippen LogP contribution in [0.2, 0.25) is 5.02 Å². The van der Waals surface area contributed by atoms with Gasteiger partial charge in [-0.2, -0.15) is 0 Å². The van der Waals surface area contributed by atoms with Crippen LogP contribution in [-0.2, 0) is 6.42 Å². The van der Waals surface area contributed by atoms with Gasteiger partial charge in [0.1, 0.15) is 5.82 Å². The maximum Gasteiger partial charge on any atom is 0.127 e. The number of nitrogens with two attached hydrogens (primary N) is 1. The van der Waals surface area contributed by atoms with Gasteiger partial charge in [-0.3, -0.25) is 11.3 Å². The van der Waals surface area contributed by atoms with Gasteiger partial charge in [0, 0.05) is 11.1 Å². The van der Waals surface area contributed by atoms with Gasteiger partial charge in [0.25, 0.3) is 0 Å². The quantitative estimate of drug-likeness (QED) is 0.613. The molecule has 1 fully saturated rings. The Balaban J connectivity index is 2.08. The minimum absolute atomic E-state index is 0.181. The van der Waals surface area contributed by atoms with E-state index in [1.807, 2.05) is 0 Å². The summed E-state index contributed by atoms with van der Waals surface area (Å²) in [6.45, 7) is 0. The summed E-state index contributed by atoms with van der Waals surface area (Å²) in [5.74, 6) is 5.80. The second-order valence-corrected chi connectivity index (χ2v) is 4.49. The van der Waals surface area contributed by atoms with Crippen LogP contribution in [0.4, 0.5) is 4.39 Å². The van der Waals surface area contributed by atoms with Gasteiger partial charge in [-0.25, -0.2) is 4.39 Å². The Kier molecular flexibility index (Phi) is 3.24. The zero-order chi connectivity index (χ0) is 10.8. The highest BCUT2D eigenvalue weighted by molar-refractivity contribution is 6.30. The van der Waals surface area contributed by atoms with E-state index < -0.39 is 0 Å². The lowest BCUT2D eigenvalue weighted by molar-refractivity contribution is 0.462. The molecule has 2 nitrogen and oxygen atoms in total. The molecule has 0 amide bonds. The fourth-order valence-electron chi connectivity index (χ4n) is 1.78. The van der Waals surface area contributed by atoms with E-state index in [-0.39, 0.29) is 11.9 Å². The van der Waals surface area contributed by atoms with E-state index >= 15 is 0 Å². The molecule has 1 aliphatic rings. The Bertz CT molecular complexity index is 352. The molecule has 15 heavy (non-hydrogen) atoms. The summed E-state index contributed by atoms with van der Waals surface area (Å²) in [4.78, 5) is 0. The maximum absolute atomic E-state index is 13.5. The van der Waals surface area contributed by atoms with Gasteiger partial charge in [0.2, 0.25) is 0 Å². The third-order valence-electron chi connectivity index (χ3n) is 2.86. The summed E-state index contributed by atoms with van der Waals surface area (Å²) in [6.07, 6.45) is 3.00. The van der Waals surface area contributed by atoms with Crippen molar-refractivity contribution in [1.82, 2.24) is 5.43 Å². The molecule has 0 aromatic heterocycles. The van der Waals surface area contributed by atoms with Crippen LogP contribution in [-0.4, -0.2) is 6.04 Å². The van der Waals surface area contributed by atoms with Crippen molar-refractivity contribution in [3.8, 4) is 0 Å². The second kappa shape index (κ2) is 4.47. The average Bonchev–Trinajstić information content (AvgIpc) is 3.00. The first-order valence-corrected chi connectivity index (χ1v) is 5.48. The van der Waals surface area contributed by atoms with Crippen molar-refractivity contribution in [2.75, 3.05) is 0 Å². The minimum Gasteiger partial charge on any atom is -0.271 e. The molecule has 0 saturated heterocycles. The molecule has 0 bridgehead atoms. The lowest BCUT2D eigenvalue weighted by Gasteiger charge is -2.15. The standard InChI is InChI=1S/C11H14ClFN2/c12-9-4-3-8(10(13)6-9)5-11(15-14)7-1-2-7/h3-4,6-7,11,15H,1-2,5,14H2. The summed E-state index contributed by atoms with van der Waals surface area (Å²) in [6, 6.07) is 4.96. The molecule has 1 saturated carbocycles. The molecule has 2 rings (SSSR count). The van der Waals surface area contributed by atoms with Crippen LogP contribution in [0.15, 0.2) is 18.2 Å². The van der Waals surface area contributed by atoms with Crippen LogP contribution in [0, 0.1) is 11.7 Å². The summed E-state index contributed by atoms with van der Waals surface area (Å²) < 4.78 is 13.5. The minimum atomic E-state index is -0.247. The third-order valence-corrected chi connectivity index (χ3v) is 3.10. The Hall–Kier alpha value is -0.640. The van der Waals surface area contributed by atoms with E-state index in [9.17, 15) is 4.39 Å². The van der Waals surface area contributed by atoms with Crippen molar-refractivity contribution < 1.29 is 4.39 Å². The molecule has 0 heterocycles. The van der Waals surface area contributed by atoms with Crippen LogP contribution < -0.4 is 11.3 Å². The first-order valence-electron chi connectivity index (χ1n) is 5.10. The predicted molar refractivity (Wildman–Crippen MR) is 58.9 cm³/mol. The number of halogens is 2. The molecular weight excluding hydrogens is 215 g/mol. The molecule has 82 valence electrons. The SMILES string of the molecule is NNC(Cc1ccc(Cl)cc1F)C1CC1. The molecule has 3 N–H and O–H groups in total. The van der Waals surface area contributed by atoms with Gasteiger partial charge in [-0.05, 0) is 42.9 Å². The number of nitrogens with one attached hydrogen (secondary N) is 1. The van der Waals surface area contributed by atoms with Crippen LogP contribution in [0.1, 0.15) is 18.4 Å². The highest BCUT2D eigenvalue weighted by Gasteiger charge is 2.30. The largest absolute Gasteiger partial charge is 0.271 e. The van der Waals surface area contributed by atoms with Crippen LogP contribution in [0.3, 0.4) is 0 Å². The normalized spacial score (nSPS) is 17.8. The second-order valence-electron chi connectivity index (χ2n) is 4.05. The summed E-state index contributed by atoms with van der Waals surface area (Å²) >= 11 is 5.68. The van der Waals surface area contributed by atoms with E-state index in [1.54, 1.807) is 12.1 Å². The van der Waals surface area contributed by atoms with E-state index in [0.717, 1.165) is 0 Å². The predicted octanol–water partition coefficient (Wildman–Crippen LogP) is 2.26. The van der Waals surface area contributed by atoms with Crippen molar-refractivity contribution in [2.45, 2.75) is 25.3 Å². The van der Waals surface area contributed by atoms with E-state index in [1.165, 1.54) is 18.9 Å². The van der Waals surface area contributed by atoms with Crippen LogP contribution in [0.5, 0.6) is 0 Å². The average molecular weight is 229 g/mol. The van der Waals surface area contributed by atoms with Crippen molar-refractivity contribution in [1.29, 1.82) is 0 Å². The zero-order valence-electron chi connectivity index (χ0n) is 8.34. The lowest BCUT2D eigenvalue weighted by atomic mass is 10.0. The number of hydrazine groups is 1.